The van der Waals surface area contributed by atoms with Crippen molar-refractivity contribution in [3.05, 3.63) is 59.0 Å². The zero-order valence-electron chi connectivity index (χ0n) is 16.8. The number of piperazine rings is 1. The number of hydrogen-bond donors (Lipinski definition) is 3. The van der Waals surface area contributed by atoms with Crippen LogP contribution < -0.4 is 26.0 Å². The molecule has 1 aliphatic heterocycles. The monoisotopic (exact) mass is 463 g/mol. The third-order valence-corrected chi connectivity index (χ3v) is 5.78. The van der Waals surface area contributed by atoms with Gasteiger partial charge >= 0.3 is 6.36 Å². The molecule has 0 aliphatic carbocycles. The van der Waals surface area contributed by atoms with Crippen molar-refractivity contribution in [3.8, 4) is 5.75 Å². The Labute approximate surface area is 186 Å². The number of thiazole rings is 1. The Kier molecular flexibility index (Phi) is 6.19. The molecule has 1 aliphatic rings. The highest BCUT2D eigenvalue weighted by atomic mass is 32.1. The van der Waals surface area contributed by atoms with E-state index < -0.39 is 17.9 Å². The smallest absolute Gasteiger partial charge is 0.406 e. The maximum absolute atomic E-state index is 12.8. The van der Waals surface area contributed by atoms with Gasteiger partial charge in [-0.1, -0.05) is 23.5 Å². The molecule has 2 aromatic carbocycles. The molecule has 0 unspecified atom stereocenters. The Hall–Kier alpha value is -3.31. The lowest BCUT2D eigenvalue weighted by molar-refractivity contribution is -0.274. The summed E-state index contributed by atoms with van der Waals surface area (Å²) in [6, 6.07) is 12.7. The molecule has 4 N–H and O–H groups in total. The number of halogens is 3. The Morgan fingerprint density at radius 3 is 2.56 bits per heavy atom. The highest BCUT2D eigenvalue weighted by Gasteiger charge is 2.31. The molecule has 4 rings (SSSR count). The number of hydrogen-bond acceptors (Lipinski definition) is 8. The van der Waals surface area contributed by atoms with Crippen LogP contribution in [0.1, 0.15) is 15.2 Å². The predicted octanol–water partition coefficient (Wildman–Crippen LogP) is 4.01. The second-order valence-electron chi connectivity index (χ2n) is 7.05. The van der Waals surface area contributed by atoms with Crippen LogP contribution in [0.5, 0.6) is 5.75 Å². The molecule has 0 amide bonds. The average Bonchev–Trinajstić information content (AvgIpc) is 3.13. The van der Waals surface area contributed by atoms with E-state index in [1.54, 1.807) is 0 Å². The first-order valence-electron chi connectivity index (χ1n) is 9.78. The van der Waals surface area contributed by atoms with E-state index in [1.807, 2.05) is 24.3 Å². The van der Waals surface area contributed by atoms with Crippen molar-refractivity contribution in [1.82, 2.24) is 10.3 Å². The van der Waals surface area contributed by atoms with Gasteiger partial charge in [-0.3, -0.25) is 4.79 Å². The second-order valence-corrected chi connectivity index (χ2v) is 8.05. The van der Waals surface area contributed by atoms with Crippen LogP contribution in [-0.2, 0) is 0 Å². The Morgan fingerprint density at radius 1 is 1.16 bits per heavy atom. The quantitative estimate of drug-likeness (QED) is 0.476. The summed E-state index contributed by atoms with van der Waals surface area (Å²) in [6.07, 6.45) is -4.84. The van der Waals surface area contributed by atoms with Crippen LogP contribution in [0.15, 0.2) is 48.5 Å². The van der Waals surface area contributed by atoms with Gasteiger partial charge in [0.1, 0.15) is 16.4 Å². The summed E-state index contributed by atoms with van der Waals surface area (Å²) < 4.78 is 41.2. The van der Waals surface area contributed by atoms with Gasteiger partial charge in [0.25, 0.3) is 0 Å². The fraction of sp³-hybridized carbons (Fsp3) is 0.238. The summed E-state index contributed by atoms with van der Waals surface area (Å²) in [5, 5.41) is 6.83. The van der Waals surface area contributed by atoms with Crippen LogP contribution in [0.25, 0.3) is 0 Å². The van der Waals surface area contributed by atoms with Gasteiger partial charge in [-0.05, 0) is 36.4 Å². The standard InChI is InChI=1S/C21H20F3N5O2S/c22-21(23,24)31-16-3-1-2-13(12-16)17(30)18-19(25)28-20(32-18)27-14-4-6-15(7-5-14)29-10-8-26-9-11-29/h1-7,12,26H,8-11,25H2,(H,27,28). The maximum atomic E-state index is 12.8. The summed E-state index contributed by atoms with van der Waals surface area (Å²) in [7, 11) is 0. The summed E-state index contributed by atoms with van der Waals surface area (Å²) >= 11 is 1.03. The van der Waals surface area contributed by atoms with Gasteiger partial charge in [-0.15, -0.1) is 13.2 Å². The van der Waals surface area contributed by atoms with Gasteiger partial charge in [0, 0.05) is 43.1 Å². The maximum Gasteiger partial charge on any atom is 0.573 e. The van der Waals surface area contributed by atoms with Crippen LogP contribution in [0.3, 0.4) is 0 Å². The van der Waals surface area contributed by atoms with Gasteiger partial charge in [-0.2, -0.15) is 0 Å². The molecule has 0 saturated carbocycles. The summed E-state index contributed by atoms with van der Waals surface area (Å²) in [4.78, 5) is 19.4. The van der Waals surface area contributed by atoms with Crippen molar-refractivity contribution < 1.29 is 22.7 Å². The van der Waals surface area contributed by atoms with Crippen molar-refractivity contribution in [2.24, 2.45) is 0 Å². The third kappa shape index (κ3) is 5.29. The number of anilines is 4. The zero-order valence-corrected chi connectivity index (χ0v) is 17.6. The molecule has 1 fully saturated rings. The first-order valence-corrected chi connectivity index (χ1v) is 10.6. The number of ketones is 1. The molecule has 168 valence electrons. The van der Waals surface area contributed by atoms with E-state index in [0.717, 1.165) is 61.0 Å². The molecule has 0 bridgehead atoms. The van der Waals surface area contributed by atoms with Crippen molar-refractivity contribution in [1.29, 1.82) is 0 Å². The van der Waals surface area contributed by atoms with Crippen molar-refractivity contribution in [2.45, 2.75) is 6.36 Å². The Balaban J connectivity index is 1.47. The number of aromatic nitrogens is 1. The number of nitrogens with one attached hydrogen (secondary N) is 2. The fourth-order valence-corrected chi connectivity index (χ4v) is 4.18. The number of nitrogen functional groups attached to an aromatic ring is 1. The lowest BCUT2D eigenvalue weighted by atomic mass is 10.1. The molecule has 7 nitrogen and oxygen atoms in total. The minimum absolute atomic E-state index is 0.00193. The highest BCUT2D eigenvalue weighted by Crippen LogP contribution is 2.31. The minimum Gasteiger partial charge on any atom is -0.406 e. The number of carbonyl (C=O) groups is 1. The van der Waals surface area contributed by atoms with E-state index in [9.17, 15) is 18.0 Å². The number of ether oxygens (including phenoxy) is 1. The molecular weight excluding hydrogens is 443 g/mol. The van der Waals surface area contributed by atoms with E-state index in [0.29, 0.717) is 5.13 Å². The normalized spacial score (nSPS) is 14.3. The predicted molar refractivity (Wildman–Crippen MR) is 118 cm³/mol. The molecule has 0 radical (unpaired) electrons. The summed E-state index contributed by atoms with van der Waals surface area (Å²) in [5.41, 5.74) is 7.82. The van der Waals surface area contributed by atoms with Crippen LogP contribution in [0.4, 0.5) is 35.5 Å². The molecule has 2 heterocycles. The van der Waals surface area contributed by atoms with E-state index in [-0.39, 0.29) is 16.3 Å². The van der Waals surface area contributed by atoms with E-state index in [4.69, 9.17) is 5.73 Å². The SMILES string of the molecule is Nc1nc(Nc2ccc(N3CCNCC3)cc2)sc1C(=O)c1cccc(OC(F)(F)F)c1. The minimum atomic E-state index is -4.84. The van der Waals surface area contributed by atoms with Gasteiger partial charge in [-0.25, -0.2) is 4.98 Å². The zero-order chi connectivity index (χ0) is 22.7. The third-order valence-electron chi connectivity index (χ3n) is 4.79. The largest absolute Gasteiger partial charge is 0.573 e. The number of benzene rings is 2. The average molecular weight is 463 g/mol. The highest BCUT2D eigenvalue weighted by molar-refractivity contribution is 7.18. The molecule has 1 saturated heterocycles. The molecule has 3 aromatic rings. The lowest BCUT2D eigenvalue weighted by Gasteiger charge is -2.29. The Morgan fingerprint density at radius 2 is 1.88 bits per heavy atom. The van der Waals surface area contributed by atoms with Crippen LogP contribution in [0.2, 0.25) is 0 Å². The van der Waals surface area contributed by atoms with Crippen LogP contribution >= 0.6 is 11.3 Å². The first-order chi connectivity index (χ1) is 15.3. The summed E-state index contributed by atoms with van der Waals surface area (Å²) in [6.45, 7) is 3.77. The topological polar surface area (TPSA) is 92.5 Å². The molecule has 11 heteroatoms. The second kappa shape index (κ2) is 9.05. The Bertz CT molecular complexity index is 1100. The number of alkyl halides is 3. The van der Waals surface area contributed by atoms with Crippen LogP contribution in [-0.4, -0.2) is 43.3 Å². The van der Waals surface area contributed by atoms with Crippen LogP contribution in [0, 0.1) is 0 Å². The molecule has 0 spiro atoms. The van der Waals surface area contributed by atoms with Crippen molar-refractivity contribution in [2.75, 3.05) is 42.1 Å². The number of rotatable bonds is 6. The van der Waals surface area contributed by atoms with Crippen molar-refractivity contribution in [3.63, 3.8) is 0 Å². The van der Waals surface area contributed by atoms with E-state index in [2.05, 4.69) is 25.3 Å². The van der Waals surface area contributed by atoms with Gasteiger partial charge < -0.3 is 26.0 Å². The molecular formula is C21H20F3N5O2S. The number of carbonyl (C=O) groups excluding carboxylic acids is 1. The summed E-state index contributed by atoms with van der Waals surface area (Å²) in [5.74, 6) is -1.01. The van der Waals surface area contributed by atoms with Crippen molar-refractivity contribution >= 4 is 39.4 Å². The van der Waals surface area contributed by atoms with Gasteiger partial charge in [0.05, 0.1) is 0 Å². The first kappa shape index (κ1) is 21.9. The van der Waals surface area contributed by atoms with Gasteiger partial charge in [0.2, 0.25) is 5.78 Å². The van der Waals surface area contributed by atoms with E-state index in [1.165, 1.54) is 12.1 Å². The number of nitrogens with two attached hydrogens (primary N) is 1. The number of nitrogens with zero attached hydrogens (tertiary/aromatic N) is 2. The molecule has 0 atom stereocenters. The van der Waals surface area contributed by atoms with Gasteiger partial charge in [0.15, 0.2) is 5.13 Å². The van der Waals surface area contributed by atoms with E-state index >= 15 is 0 Å². The lowest BCUT2D eigenvalue weighted by Crippen LogP contribution is -2.43. The molecule has 1 aromatic heterocycles. The molecule has 32 heavy (non-hydrogen) atoms. The fourth-order valence-electron chi connectivity index (χ4n) is 3.32.